The van der Waals surface area contributed by atoms with Crippen molar-refractivity contribution in [3.8, 4) is 0 Å². The molecule has 0 aromatic heterocycles. The summed E-state index contributed by atoms with van der Waals surface area (Å²) in [4.78, 5) is 0. The predicted octanol–water partition coefficient (Wildman–Crippen LogP) is 4.56. The maximum Gasteiger partial charge on any atom is 0.390 e. The largest absolute Gasteiger partial charge is 0.390 e. The summed E-state index contributed by atoms with van der Waals surface area (Å²) in [5.74, 6) is 0.549. The van der Waals surface area contributed by atoms with E-state index in [0.29, 0.717) is 12.5 Å². The fourth-order valence-electron chi connectivity index (χ4n) is 2.56. The number of alkyl halides is 3. The highest BCUT2D eigenvalue weighted by molar-refractivity contribution is 5.29. The Kier molecular flexibility index (Phi) is 4.50. The van der Waals surface area contributed by atoms with E-state index in [1.54, 1.807) is 6.07 Å². The summed E-state index contributed by atoms with van der Waals surface area (Å²) in [7, 11) is 0. The second-order valence-corrected chi connectivity index (χ2v) is 5.23. The molecule has 1 fully saturated rings. The first-order valence-corrected chi connectivity index (χ1v) is 6.89. The quantitative estimate of drug-likeness (QED) is 0.828. The van der Waals surface area contributed by atoms with Gasteiger partial charge in [0.2, 0.25) is 0 Å². The second kappa shape index (κ2) is 5.95. The van der Waals surface area contributed by atoms with E-state index in [2.05, 4.69) is 5.32 Å². The van der Waals surface area contributed by atoms with E-state index in [4.69, 9.17) is 0 Å². The lowest BCUT2D eigenvalue weighted by Gasteiger charge is -2.27. The van der Waals surface area contributed by atoms with Crippen molar-refractivity contribution in [2.75, 3.05) is 6.54 Å². The SMILES string of the molecule is CCNC(CC(F)(F)F)c1cccc(C2CCC2)c1. The molecule has 4 heteroatoms. The van der Waals surface area contributed by atoms with Gasteiger partial charge in [-0.25, -0.2) is 0 Å². The van der Waals surface area contributed by atoms with E-state index >= 15 is 0 Å². The molecular weight excluding hydrogens is 251 g/mol. The molecule has 106 valence electrons. The van der Waals surface area contributed by atoms with Crippen molar-refractivity contribution in [1.29, 1.82) is 0 Å². The van der Waals surface area contributed by atoms with Crippen LogP contribution in [0.3, 0.4) is 0 Å². The molecule has 0 spiro atoms. The zero-order valence-corrected chi connectivity index (χ0v) is 11.1. The Hall–Kier alpha value is -1.03. The Morgan fingerprint density at radius 3 is 2.58 bits per heavy atom. The molecule has 1 aliphatic carbocycles. The maximum atomic E-state index is 12.6. The zero-order valence-electron chi connectivity index (χ0n) is 11.1. The van der Waals surface area contributed by atoms with Crippen LogP contribution < -0.4 is 5.32 Å². The molecule has 1 aromatic carbocycles. The first kappa shape index (κ1) is 14.4. The summed E-state index contributed by atoms with van der Waals surface area (Å²) >= 11 is 0. The highest BCUT2D eigenvalue weighted by Crippen LogP contribution is 2.38. The molecule has 0 bridgehead atoms. The predicted molar refractivity (Wildman–Crippen MR) is 70.1 cm³/mol. The fourth-order valence-corrected chi connectivity index (χ4v) is 2.56. The summed E-state index contributed by atoms with van der Waals surface area (Å²) in [6.07, 6.45) is -1.40. The average Bonchev–Trinajstić information content (AvgIpc) is 2.25. The van der Waals surface area contributed by atoms with Crippen LogP contribution in [0.4, 0.5) is 13.2 Å². The van der Waals surface area contributed by atoms with Crippen LogP contribution in [0.5, 0.6) is 0 Å². The van der Waals surface area contributed by atoms with Crippen LogP contribution in [0, 0.1) is 0 Å². The van der Waals surface area contributed by atoms with Gasteiger partial charge in [-0.1, -0.05) is 37.6 Å². The standard InChI is InChI=1S/C15H20F3N/c1-2-19-14(10-15(16,17)18)13-8-4-7-12(9-13)11-5-3-6-11/h4,7-9,11,14,19H,2-3,5-6,10H2,1H3. The highest BCUT2D eigenvalue weighted by atomic mass is 19.4. The van der Waals surface area contributed by atoms with Crippen LogP contribution in [0.25, 0.3) is 0 Å². The second-order valence-electron chi connectivity index (χ2n) is 5.23. The molecule has 1 unspecified atom stereocenters. The first-order valence-electron chi connectivity index (χ1n) is 6.89. The van der Waals surface area contributed by atoms with Crippen molar-refractivity contribution in [1.82, 2.24) is 5.32 Å². The summed E-state index contributed by atoms with van der Waals surface area (Å²) in [5.41, 5.74) is 1.94. The van der Waals surface area contributed by atoms with Crippen LogP contribution in [0.15, 0.2) is 24.3 Å². The number of benzene rings is 1. The summed E-state index contributed by atoms with van der Waals surface area (Å²) in [5, 5.41) is 2.94. The zero-order chi connectivity index (χ0) is 13.9. The Morgan fingerprint density at radius 1 is 1.32 bits per heavy atom. The van der Waals surface area contributed by atoms with Crippen molar-refractivity contribution >= 4 is 0 Å². The van der Waals surface area contributed by atoms with Crippen molar-refractivity contribution in [2.45, 2.75) is 50.7 Å². The van der Waals surface area contributed by atoms with Crippen LogP contribution in [0.1, 0.15) is 55.7 Å². The Balaban J connectivity index is 2.15. The van der Waals surface area contributed by atoms with Crippen molar-refractivity contribution in [3.63, 3.8) is 0 Å². The molecule has 1 nitrogen and oxygen atoms in total. The van der Waals surface area contributed by atoms with Crippen molar-refractivity contribution < 1.29 is 13.2 Å². The van der Waals surface area contributed by atoms with Crippen LogP contribution in [-0.4, -0.2) is 12.7 Å². The third-order valence-corrected chi connectivity index (χ3v) is 3.78. The van der Waals surface area contributed by atoms with E-state index in [9.17, 15) is 13.2 Å². The monoisotopic (exact) mass is 271 g/mol. The number of halogens is 3. The van der Waals surface area contributed by atoms with E-state index < -0.39 is 18.6 Å². The van der Waals surface area contributed by atoms with Gasteiger partial charge in [0.05, 0.1) is 6.42 Å². The molecule has 0 heterocycles. The molecule has 0 saturated heterocycles. The highest BCUT2D eigenvalue weighted by Gasteiger charge is 2.32. The van der Waals surface area contributed by atoms with Gasteiger partial charge in [-0.15, -0.1) is 0 Å². The van der Waals surface area contributed by atoms with Gasteiger partial charge in [0.15, 0.2) is 0 Å². The minimum Gasteiger partial charge on any atom is -0.310 e. The van der Waals surface area contributed by atoms with Gasteiger partial charge in [-0.2, -0.15) is 13.2 Å². The molecule has 1 N–H and O–H groups in total. The molecule has 0 amide bonds. The number of hydrogen-bond acceptors (Lipinski definition) is 1. The minimum absolute atomic E-state index is 0.536. The number of nitrogens with one attached hydrogen (secondary N) is 1. The lowest BCUT2D eigenvalue weighted by Crippen LogP contribution is -2.26. The summed E-state index contributed by atoms with van der Waals surface area (Å²) in [6.45, 7) is 2.37. The van der Waals surface area contributed by atoms with Crippen molar-refractivity contribution in [3.05, 3.63) is 35.4 Å². The lowest BCUT2D eigenvalue weighted by atomic mass is 9.79. The van der Waals surface area contributed by atoms with E-state index in [1.807, 2.05) is 25.1 Å². The van der Waals surface area contributed by atoms with E-state index in [0.717, 1.165) is 18.4 Å². The third-order valence-electron chi connectivity index (χ3n) is 3.78. The Bertz CT molecular complexity index is 410. The number of rotatable bonds is 5. The van der Waals surface area contributed by atoms with Gasteiger partial charge in [0, 0.05) is 6.04 Å². The minimum atomic E-state index is -4.14. The Morgan fingerprint density at radius 2 is 2.05 bits per heavy atom. The molecule has 0 aliphatic heterocycles. The normalized spacial score (nSPS) is 18.1. The van der Waals surface area contributed by atoms with Gasteiger partial charge in [-0.3, -0.25) is 0 Å². The third kappa shape index (κ3) is 3.96. The van der Waals surface area contributed by atoms with Gasteiger partial charge < -0.3 is 5.32 Å². The smallest absolute Gasteiger partial charge is 0.310 e. The van der Waals surface area contributed by atoms with E-state index in [1.165, 1.54) is 12.0 Å². The van der Waals surface area contributed by atoms with E-state index in [-0.39, 0.29) is 0 Å². The molecule has 1 aliphatic rings. The topological polar surface area (TPSA) is 12.0 Å². The first-order chi connectivity index (χ1) is 8.99. The van der Waals surface area contributed by atoms with Gasteiger partial charge >= 0.3 is 6.18 Å². The lowest BCUT2D eigenvalue weighted by molar-refractivity contribution is -0.140. The van der Waals surface area contributed by atoms with Gasteiger partial charge in [0.25, 0.3) is 0 Å². The van der Waals surface area contributed by atoms with Crippen LogP contribution in [0.2, 0.25) is 0 Å². The van der Waals surface area contributed by atoms with Crippen LogP contribution >= 0.6 is 0 Å². The average molecular weight is 271 g/mol. The molecule has 1 saturated carbocycles. The molecule has 19 heavy (non-hydrogen) atoms. The molecule has 2 rings (SSSR count). The summed E-state index contributed by atoms with van der Waals surface area (Å²) < 4.78 is 37.8. The molecule has 1 aromatic rings. The summed E-state index contributed by atoms with van der Waals surface area (Å²) in [6, 6.07) is 7.02. The van der Waals surface area contributed by atoms with Crippen LogP contribution in [-0.2, 0) is 0 Å². The fraction of sp³-hybridized carbons (Fsp3) is 0.600. The molecular formula is C15H20F3N. The Labute approximate surface area is 112 Å². The maximum absolute atomic E-state index is 12.6. The molecule has 0 radical (unpaired) electrons. The molecule has 1 atom stereocenters. The number of hydrogen-bond donors (Lipinski definition) is 1. The van der Waals surface area contributed by atoms with Gasteiger partial charge in [0.1, 0.15) is 0 Å². The van der Waals surface area contributed by atoms with Gasteiger partial charge in [-0.05, 0) is 36.4 Å². The van der Waals surface area contributed by atoms with Crippen molar-refractivity contribution in [2.24, 2.45) is 0 Å².